The van der Waals surface area contributed by atoms with Crippen LogP contribution in [0.2, 0.25) is 0 Å². The summed E-state index contributed by atoms with van der Waals surface area (Å²) in [6.07, 6.45) is 1.29. The average Bonchev–Trinajstić information content (AvgIpc) is 2.41. The Morgan fingerprint density at radius 1 is 1.40 bits per heavy atom. The molecule has 0 radical (unpaired) electrons. The van der Waals surface area contributed by atoms with Gasteiger partial charge >= 0.3 is 0 Å². The molecular weight excluding hydrogens is 257 g/mol. The highest BCUT2D eigenvalue weighted by Gasteiger charge is 2.36. The molecule has 4 heteroatoms. The molecule has 1 amide bonds. The zero-order chi connectivity index (χ0) is 14.9. The predicted octanol–water partition coefficient (Wildman–Crippen LogP) is 3.10. The molecule has 0 aromatic heterocycles. The van der Waals surface area contributed by atoms with E-state index in [0.29, 0.717) is 13.0 Å². The number of piperidine rings is 1. The van der Waals surface area contributed by atoms with Crippen LogP contribution in [0.1, 0.15) is 32.3 Å². The van der Waals surface area contributed by atoms with Crippen molar-refractivity contribution in [1.82, 2.24) is 0 Å². The van der Waals surface area contributed by atoms with Gasteiger partial charge in [-0.05, 0) is 37.5 Å². The average molecular weight is 277 g/mol. The zero-order valence-electron chi connectivity index (χ0n) is 12.1. The van der Waals surface area contributed by atoms with E-state index in [4.69, 9.17) is 0 Å². The summed E-state index contributed by atoms with van der Waals surface area (Å²) in [5.41, 5.74) is 1.18. The van der Waals surface area contributed by atoms with E-state index in [1.807, 2.05) is 6.92 Å². The number of hydrogen-bond donors (Lipinski definition) is 0. The van der Waals surface area contributed by atoms with E-state index in [-0.39, 0.29) is 23.3 Å². The van der Waals surface area contributed by atoms with E-state index in [1.54, 1.807) is 26.0 Å². The van der Waals surface area contributed by atoms with Gasteiger partial charge in [0.05, 0.1) is 11.6 Å². The third-order valence-electron chi connectivity index (χ3n) is 3.74. The van der Waals surface area contributed by atoms with Gasteiger partial charge in [-0.25, -0.2) is 4.39 Å². The van der Waals surface area contributed by atoms with Gasteiger partial charge in [0.25, 0.3) is 0 Å². The van der Waals surface area contributed by atoms with Crippen LogP contribution in [-0.4, -0.2) is 18.2 Å². The maximum atomic E-state index is 13.9. The molecular formula is C16H20FNO2. The molecule has 3 nitrogen and oxygen atoms in total. The van der Waals surface area contributed by atoms with Crippen molar-refractivity contribution in [1.29, 1.82) is 0 Å². The first-order chi connectivity index (χ1) is 9.41. The standard InChI is InChI=1S/C16H20FNO2/c1-10(2)15(19)12-5-4-8-18(16(12)20)14-9-11(3)6-7-13(14)17/h6-7,9-10,12H,4-5,8H2,1-3H3. The van der Waals surface area contributed by atoms with E-state index in [0.717, 1.165) is 12.0 Å². The first-order valence-electron chi connectivity index (χ1n) is 7.03. The van der Waals surface area contributed by atoms with E-state index < -0.39 is 11.7 Å². The SMILES string of the molecule is Cc1ccc(F)c(N2CCCC(C(=O)C(C)C)C2=O)c1. The molecule has 1 saturated heterocycles. The third-order valence-corrected chi connectivity index (χ3v) is 3.74. The molecule has 1 aromatic carbocycles. The summed E-state index contributed by atoms with van der Waals surface area (Å²) in [6, 6.07) is 4.70. The molecule has 1 aliphatic rings. The van der Waals surface area contributed by atoms with Gasteiger partial charge in [0.1, 0.15) is 11.6 Å². The fourth-order valence-electron chi connectivity index (χ4n) is 2.61. The minimum absolute atomic E-state index is 0.0484. The number of anilines is 1. The highest BCUT2D eigenvalue weighted by molar-refractivity contribution is 6.09. The van der Waals surface area contributed by atoms with E-state index in [9.17, 15) is 14.0 Å². The lowest BCUT2D eigenvalue weighted by Crippen LogP contribution is -2.45. The normalized spacial score (nSPS) is 19.6. The van der Waals surface area contributed by atoms with Crippen LogP contribution in [0.25, 0.3) is 0 Å². The fourth-order valence-corrected chi connectivity index (χ4v) is 2.61. The molecule has 1 aliphatic heterocycles. The van der Waals surface area contributed by atoms with Crippen molar-refractivity contribution < 1.29 is 14.0 Å². The number of rotatable bonds is 3. The molecule has 1 aromatic rings. The van der Waals surface area contributed by atoms with Crippen molar-refractivity contribution in [3.8, 4) is 0 Å². The van der Waals surface area contributed by atoms with Crippen molar-refractivity contribution >= 4 is 17.4 Å². The van der Waals surface area contributed by atoms with Gasteiger partial charge in [0.2, 0.25) is 5.91 Å². The molecule has 108 valence electrons. The summed E-state index contributed by atoms with van der Waals surface area (Å²) in [4.78, 5) is 26.0. The van der Waals surface area contributed by atoms with Gasteiger partial charge in [0, 0.05) is 12.5 Å². The summed E-state index contributed by atoms with van der Waals surface area (Å²) in [6.45, 7) is 5.92. The molecule has 0 N–H and O–H groups in total. The molecule has 2 rings (SSSR count). The van der Waals surface area contributed by atoms with Crippen LogP contribution in [0.3, 0.4) is 0 Å². The Bertz CT molecular complexity index is 539. The lowest BCUT2D eigenvalue weighted by molar-refractivity contribution is -0.135. The summed E-state index contributed by atoms with van der Waals surface area (Å²) >= 11 is 0. The first kappa shape index (κ1) is 14.7. The van der Waals surface area contributed by atoms with Gasteiger partial charge in [-0.2, -0.15) is 0 Å². The van der Waals surface area contributed by atoms with Crippen LogP contribution in [-0.2, 0) is 9.59 Å². The van der Waals surface area contributed by atoms with Crippen LogP contribution in [0.4, 0.5) is 10.1 Å². The molecule has 1 fully saturated rings. The lowest BCUT2D eigenvalue weighted by atomic mass is 9.87. The topological polar surface area (TPSA) is 37.4 Å². The van der Waals surface area contributed by atoms with Crippen molar-refractivity contribution in [3.05, 3.63) is 29.6 Å². The zero-order valence-corrected chi connectivity index (χ0v) is 12.1. The van der Waals surface area contributed by atoms with Crippen LogP contribution in [0.5, 0.6) is 0 Å². The highest BCUT2D eigenvalue weighted by Crippen LogP contribution is 2.29. The number of benzene rings is 1. The number of Topliss-reactive ketones (excluding diaryl/α,β-unsaturated/α-hetero) is 1. The largest absolute Gasteiger partial charge is 0.309 e. The van der Waals surface area contributed by atoms with Crippen molar-refractivity contribution in [2.75, 3.05) is 11.4 Å². The second kappa shape index (κ2) is 5.73. The quantitative estimate of drug-likeness (QED) is 0.796. The Hall–Kier alpha value is -1.71. The van der Waals surface area contributed by atoms with Gasteiger partial charge in [-0.3, -0.25) is 9.59 Å². The van der Waals surface area contributed by atoms with E-state index >= 15 is 0 Å². The van der Waals surface area contributed by atoms with E-state index in [2.05, 4.69) is 0 Å². The van der Waals surface area contributed by atoms with Crippen LogP contribution in [0, 0.1) is 24.6 Å². The van der Waals surface area contributed by atoms with Gasteiger partial charge in [-0.1, -0.05) is 19.9 Å². The number of carbonyl (C=O) groups excluding carboxylic acids is 2. The fraction of sp³-hybridized carbons (Fsp3) is 0.500. The van der Waals surface area contributed by atoms with Crippen molar-refractivity contribution in [2.24, 2.45) is 11.8 Å². The number of amides is 1. The molecule has 0 saturated carbocycles. The summed E-state index contributed by atoms with van der Waals surface area (Å²) < 4.78 is 13.9. The Morgan fingerprint density at radius 3 is 2.75 bits per heavy atom. The van der Waals surface area contributed by atoms with Crippen LogP contribution >= 0.6 is 0 Å². The maximum absolute atomic E-state index is 13.9. The Balaban J connectivity index is 2.31. The summed E-state index contributed by atoms with van der Waals surface area (Å²) in [5.74, 6) is -1.52. The molecule has 20 heavy (non-hydrogen) atoms. The minimum Gasteiger partial charge on any atom is -0.309 e. The number of carbonyl (C=O) groups is 2. The maximum Gasteiger partial charge on any atom is 0.237 e. The van der Waals surface area contributed by atoms with Crippen molar-refractivity contribution in [2.45, 2.75) is 33.6 Å². The summed E-state index contributed by atoms with van der Waals surface area (Å²) in [7, 11) is 0. The smallest absolute Gasteiger partial charge is 0.237 e. The molecule has 0 bridgehead atoms. The molecule has 0 aliphatic carbocycles. The predicted molar refractivity (Wildman–Crippen MR) is 76.1 cm³/mol. The van der Waals surface area contributed by atoms with Crippen molar-refractivity contribution in [3.63, 3.8) is 0 Å². The second-order valence-corrected chi connectivity index (χ2v) is 5.70. The van der Waals surface area contributed by atoms with E-state index in [1.165, 1.54) is 11.0 Å². The Morgan fingerprint density at radius 2 is 2.10 bits per heavy atom. The molecule has 0 spiro atoms. The lowest BCUT2D eigenvalue weighted by Gasteiger charge is -2.32. The monoisotopic (exact) mass is 277 g/mol. The molecule has 1 atom stereocenters. The Labute approximate surface area is 118 Å². The van der Waals surface area contributed by atoms with Crippen LogP contribution < -0.4 is 4.90 Å². The summed E-state index contributed by atoms with van der Waals surface area (Å²) in [5, 5.41) is 0. The first-order valence-corrected chi connectivity index (χ1v) is 7.03. The van der Waals surface area contributed by atoms with Gasteiger partial charge in [0.15, 0.2) is 0 Å². The number of aryl methyl sites for hydroxylation is 1. The molecule has 1 heterocycles. The number of hydrogen-bond acceptors (Lipinski definition) is 2. The van der Waals surface area contributed by atoms with Crippen LogP contribution in [0.15, 0.2) is 18.2 Å². The number of halogens is 1. The van der Waals surface area contributed by atoms with Gasteiger partial charge in [-0.15, -0.1) is 0 Å². The number of ketones is 1. The Kier molecular flexibility index (Phi) is 4.21. The molecule has 1 unspecified atom stereocenters. The highest BCUT2D eigenvalue weighted by atomic mass is 19.1. The minimum atomic E-state index is -0.622. The second-order valence-electron chi connectivity index (χ2n) is 5.70. The van der Waals surface area contributed by atoms with Gasteiger partial charge < -0.3 is 4.90 Å². The number of nitrogens with zero attached hydrogens (tertiary/aromatic N) is 1. The third kappa shape index (κ3) is 2.74.